The Labute approximate surface area is 102 Å². The van der Waals surface area contributed by atoms with Gasteiger partial charge in [0.05, 0.1) is 0 Å². The third kappa shape index (κ3) is 799. The average Bonchev–Trinajstić information content (AvgIpc) is 0.918. The van der Waals surface area contributed by atoms with E-state index in [2.05, 4.69) is 0 Å². The van der Waals surface area contributed by atoms with Gasteiger partial charge >= 0.3 is 39.0 Å². The topological polar surface area (TPSA) is 176 Å². The van der Waals surface area contributed by atoms with Gasteiger partial charge in [0.25, 0.3) is 0 Å². The Morgan fingerprint density at radius 2 is 1.00 bits per heavy atom. The molecule has 0 amide bonds. The van der Waals surface area contributed by atoms with Crippen LogP contribution < -0.4 is 0 Å². The summed E-state index contributed by atoms with van der Waals surface area (Å²) in [6.07, 6.45) is 0. The molecule has 0 atom stereocenters. The fourth-order valence-corrected chi connectivity index (χ4v) is 0. The number of hydrogen-bond acceptors (Lipinski definition) is 3. The molecule has 0 saturated heterocycles. The van der Waals surface area contributed by atoms with Crippen molar-refractivity contribution in [1.29, 1.82) is 0 Å². The summed E-state index contributed by atoms with van der Waals surface area (Å²) in [5, 5.41) is 9.00. The van der Waals surface area contributed by atoms with Crippen LogP contribution in [0.2, 0.25) is 0 Å². The molecule has 0 aliphatic carbocycles. The molecule has 0 fully saturated rings. The molecular weight excluding hydrogens is 447 g/mol. The SMILES string of the molecule is Cl.Cl.O=N[O-].[As+3].[NH2-].[NH2-].[O-2].[O-2].[Pt+4]. The van der Waals surface area contributed by atoms with Crippen molar-refractivity contribution in [1.82, 2.24) is 0 Å². The van der Waals surface area contributed by atoms with Crippen LogP contribution in [-0.4, -0.2) is 18.0 Å². The molecule has 0 spiro atoms. The molecule has 11 heteroatoms. The smallest absolute Gasteiger partial charge is 2.00 e. The van der Waals surface area contributed by atoms with Crippen LogP contribution in [-0.2, 0) is 32.0 Å². The fraction of sp³-hybridized carbons (Fsp3) is 0. The number of nitrogens with two attached hydrogens (primary N) is 2. The summed E-state index contributed by atoms with van der Waals surface area (Å²) in [7, 11) is 0. The quantitative estimate of drug-likeness (QED) is 0.310. The molecule has 0 heterocycles. The molecular formula is H6AsCl2N3O4Pt. The van der Waals surface area contributed by atoms with Crippen molar-refractivity contribution >= 4 is 42.8 Å². The standard InChI is InChI=1S/As.2ClH.HNO2.2H2N.2O.Pt/c;;;2-1-3;;;;;/h;2*1H;(H,2,3);2*1H2;;;/q+3;;;;2*-1;2*-2;+4/p-1. The minimum absolute atomic E-state index is 0. The summed E-state index contributed by atoms with van der Waals surface area (Å²) in [6, 6.07) is 0. The van der Waals surface area contributed by atoms with E-state index in [1.165, 1.54) is 0 Å². The Morgan fingerprint density at radius 1 is 1.00 bits per heavy atom. The maximum Gasteiger partial charge on any atom is 4.00 e. The molecule has 0 aliphatic rings. The van der Waals surface area contributed by atoms with Crippen LogP contribution in [0.15, 0.2) is 5.34 Å². The van der Waals surface area contributed by atoms with Crippen LogP contribution >= 0.6 is 24.8 Å². The number of nitrogens with zero attached hydrogens (tertiary/aromatic N) is 1. The van der Waals surface area contributed by atoms with E-state index >= 15 is 0 Å². The maximum absolute atomic E-state index is 8.00. The molecule has 0 rings (SSSR count). The fourth-order valence-electron chi connectivity index (χ4n) is 0. The van der Waals surface area contributed by atoms with Gasteiger partial charge in [-0.1, -0.05) is 0 Å². The van der Waals surface area contributed by atoms with Crippen molar-refractivity contribution in [2.24, 2.45) is 5.34 Å². The molecule has 0 aromatic heterocycles. The zero-order chi connectivity index (χ0) is 2.71. The van der Waals surface area contributed by atoms with Crippen molar-refractivity contribution in [3.05, 3.63) is 22.4 Å². The molecule has 0 unspecified atom stereocenters. The second kappa shape index (κ2) is 263. The normalized spacial score (nSPS) is 1.09. The van der Waals surface area contributed by atoms with E-state index < -0.39 is 0 Å². The van der Waals surface area contributed by atoms with Gasteiger partial charge in [-0.15, -0.1) is 30.2 Å². The summed E-state index contributed by atoms with van der Waals surface area (Å²) >= 11 is 0. The predicted molar refractivity (Wildman–Crippen MR) is 41.4 cm³/mol. The van der Waals surface area contributed by atoms with Crippen molar-refractivity contribution in [3.63, 3.8) is 0 Å². The van der Waals surface area contributed by atoms with Crippen molar-refractivity contribution in [3.8, 4) is 0 Å². The van der Waals surface area contributed by atoms with E-state index in [0.717, 1.165) is 5.34 Å². The van der Waals surface area contributed by atoms with Gasteiger partial charge in [0, 0.05) is 0 Å². The van der Waals surface area contributed by atoms with E-state index in [-0.39, 0.29) is 87.1 Å². The minimum Gasteiger partial charge on any atom is -2.00 e. The molecule has 0 saturated carbocycles. The van der Waals surface area contributed by atoms with Crippen LogP contribution in [0, 0.1) is 10.1 Å². The summed E-state index contributed by atoms with van der Waals surface area (Å²) in [4.78, 5) is 8.00. The van der Waals surface area contributed by atoms with Gasteiger partial charge in [-0.3, -0.25) is 0 Å². The summed E-state index contributed by atoms with van der Waals surface area (Å²) in [5.41, 5.74) is 0. The van der Waals surface area contributed by atoms with Gasteiger partial charge in [-0.05, 0) is 0 Å². The predicted octanol–water partition coefficient (Wildman–Crippen LogP) is 1.91. The molecule has 0 aliphatic heterocycles. The third-order valence-corrected chi connectivity index (χ3v) is 0. The zero-order valence-electron chi connectivity index (χ0n) is 4.81. The summed E-state index contributed by atoms with van der Waals surface area (Å²) in [6.45, 7) is 0. The molecule has 11 heavy (non-hydrogen) atoms. The second-order valence-electron chi connectivity index (χ2n) is 0.0745. The van der Waals surface area contributed by atoms with E-state index in [4.69, 9.17) is 10.1 Å². The first-order chi connectivity index (χ1) is 1.41. The van der Waals surface area contributed by atoms with Crippen LogP contribution in [0.4, 0.5) is 0 Å². The number of hydrogen-bond donors (Lipinski definition) is 0. The van der Waals surface area contributed by atoms with Crippen molar-refractivity contribution in [2.75, 3.05) is 0 Å². The largest absolute Gasteiger partial charge is 4.00 e. The van der Waals surface area contributed by atoms with Crippen LogP contribution in [0.1, 0.15) is 0 Å². The molecule has 4 N–H and O–H groups in total. The average molecular weight is 453 g/mol. The molecule has 7 nitrogen and oxygen atoms in total. The second-order valence-corrected chi connectivity index (χ2v) is 0.0745. The van der Waals surface area contributed by atoms with Gasteiger partial charge in [0.15, 0.2) is 0 Å². The van der Waals surface area contributed by atoms with E-state index in [1.807, 2.05) is 0 Å². The first-order valence-electron chi connectivity index (χ1n) is 0.365. The minimum atomic E-state index is 0. The Morgan fingerprint density at radius 3 is 1.00 bits per heavy atom. The number of rotatable bonds is 0. The van der Waals surface area contributed by atoms with E-state index in [9.17, 15) is 0 Å². The van der Waals surface area contributed by atoms with Crippen molar-refractivity contribution in [2.45, 2.75) is 0 Å². The third-order valence-electron chi connectivity index (χ3n) is 0. The van der Waals surface area contributed by atoms with Gasteiger partial charge in [-0.2, -0.15) is 0 Å². The first kappa shape index (κ1) is 157. The van der Waals surface area contributed by atoms with Crippen molar-refractivity contribution < 1.29 is 32.0 Å². The van der Waals surface area contributed by atoms with E-state index in [0.29, 0.717) is 0 Å². The van der Waals surface area contributed by atoms with Crippen LogP contribution in [0.5, 0.6) is 0 Å². The van der Waals surface area contributed by atoms with Crippen LogP contribution in [0.25, 0.3) is 12.3 Å². The monoisotopic (exact) mass is 452 g/mol. The molecule has 2 radical (unpaired) electrons. The van der Waals surface area contributed by atoms with Gasteiger partial charge in [0.2, 0.25) is 0 Å². The van der Waals surface area contributed by atoms with Gasteiger partial charge < -0.3 is 33.4 Å². The maximum atomic E-state index is 8.00. The molecule has 0 aromatic carbocycles. The molecule has 0 bridgehead atoms. The molecule has 0 aromatic rings. The van der Waals surface area contributed by atoms with Crippen LogP contribution in [0.3, 0.4) is 0 Å². The Balaban J connectivity index is -0.000000000714. The Hall–Kier alpha value is 1.07. The molecule has 74 valence electrons. The Kier molecular flexibility index (Phi) is 3750. The summed E-state index contributed by atoms with van der Waals surface area (Å²) < 4.78 is 0. The summed E-state index contributed by atoms with van der Waals surface area (Å²) in [5.74, 6) is 0. The first-order valence-corrected chi connectivity index (χ1v) is 0.365. The zero-order valence-corrected chi connectivity index (χ0v) is 10.6. The number of halogens is 2. The van der Waals surface area contributed by atoms with Gasteiger partial charge in [0.1, 0.15) is 0 Å². The Bertz CT molecular complexity index is 30.8. The van der Waals surface area contributed by atoms with E-state index in [1.54, 1.807) is 0 Å². The van der Waals surface area contributed by atoms with Gasteiger partial charge in [-0.25, -0.2) is 0 Å².